The topological polar surface area (TPSA) is 60.9 Å². The first-order chi connectivity index (χ1) is 14.1. The highest BCUT2D eigenvalue weighted by molar-refractivity contribution is 7.98. The van der Waals surface area contributed by atoms with Gasteiger partial charge in [-0.05, 0) is 61.1 Å². The molecule has 0 unspecified atom stereocenters. The van der Waals surface area contributed by atoms with Gasteiger partial charge in [0.15, 0.2) is 11.0 Å². The molecule has 5 rings (SSSR count). The normalized spacial score (nSPS) is 13.2. The third-order valence-electron chi connectivity index (χ3n) is 5.51. The van der Waals surface area contributed by atoms with E-state index < -0.39 is 0 Å². The molecule has 2 heterocycles. The molecule has 146 valence electrons. The highest BCUT2D eigenvalue weighted by Crippen LogP contribution is 2.31. The molecule has 4 aromatic rings. The van der Waals surface area contributed by atoms with Gasteiger partial charge in [0.2, 0.25) is 0 Å². The number of hydrogen-bond donors (Lipinski definition) is 0. The van der Waals surface area contributed by atoms with E-state index in [1.54, 1.807) is 17.8 Å². The molecule has 0 aliphatic heterocycles. The number of rotatable bonds is 4. The molecular formula is C23H21N3O2S. The number of hydrogen-bond acceptors (Lipinski definition) is 5. The van der Waals surface area contributed by atoms with Gasteiger partial charge < -0.3 is 8.98 Å². The summed E-state index contributed by atoms with van der Waals surface area (Å²) in [6.45, 7) is 2.07. The zero-order chi connectivity index (χ0) is 20.0. The first-order valence-corrected chi connectivity index (χ1v) is 10.7. The summed E-state index contributed by atoms with van der Waals surface area (Å²) in [4.78, 5) is 12.1. The summed E-state index contributed by atoms with van der Waals surface area (Å²) < 4.78 is 7.48. The van der Waals surface area contributed by atoms with E-state index in [-0.39, 0.29) is 5.63 Å². The Hall–Kier alpha value is -2.86. The van der Waals surface area contributed by atoms with Crippen LogP contribution in [0.25, 0.3) is 22.4 Å². The maximum atomic E-state index is 12.1. The molecule has 0 N–H and O–H groups in total. The second-order valence-electron chi connectivity index (χ2n) is 7.58. The average molecular weight is 404 g/mol. The molecule has 0 spiro atoms. The minimum Gasteiger partial charge on any atom is -0.423 e. The molecule has 0 fully saturated rings. The van der Waals surface area contributed by atoms with E-state index >= 15 is 0 Å². The Morgan fingerprint density at radius 3 is 2.76 bits per heavy atom. The molecule has 2 aromatic carbocycles. The minimum absolute atomic E-state index is 0.301. The molecular weight excluding hydrogens is 382 g/mol. The predicted molar refractivity (Wildman–Crippen MR) is 115 cm³/mol. The maximum Gasteiger partial charge on any atom is 0.336 e. The Labute approximate surface area is 172 Å². The van der Waals surface area contributed by atoms with Crippen LogP contribution in [-0.4, -0.2) is 14.8 Å². The maximum absolute atomic E-state index is 12.1. The standard InChI is InChI=1S/C23H21N3O2S/c1-14-5-3-8-17(9-14)22-24-25-23(26(22)2)29-13-18-12-21(27)28-20-11-16-7-4-6-15(16)10-19(18)20/h3,5,8-12H,4,6-7,13H2,1-2H3. The van der Waals surface area contributed by atoms with Gasteiger partial charge in [0, 0.05) is 29.8 Å². The summed E-state index contributed by atoms with van der Waals surface area (Å²) in [6.07, 6.45) is 3.33. The van der Waals surface area contributed by atoms with Crippen molar-refractivity contribution < 1.29 is 4.42 Å². The molecule has 5 nitrogen and oxygen atoms in total. The van der Waals surface area contributed by atoms with Gasteiger partial charge in [-0.1, -0.05) is 35.5 Å². The third-order valence-corrected chi connectivity index (χ3v) is 6.58. The Bertz CT molecular complexity index is 1290. The second-order valence-corrected chi connectivity index (χ2v) is 8.53. The van der Waals surface area contributed by atoms with Gasteiger partial charge in [0.05, 0.1) is 0 Å². The zero-order valence-corrected chi connectivity index (χ0v) is 17.3. The smallest absolute Gasteiger partial charge is 0.336 e. The summed E-state index contributed by atoms with van der Waals surface area (Å²) in [6, 6.07) is 14.1. The van der Waals surface area contributed by atoms with Crippen LogP contribution in [-0.2, 0) is 25.6 Å². The van der Waals surface area contributed by atoms with Crippen LogP contribution in [0.15, 0.2) is 56.8 Å². The fourth-order valence-corrected chi connectivity index (χ4v) is 4.93. The molecule has 0 atom stereocenters. The van der Waals surface area contributed by atoms with Crippen LogP contribution in [0.1, 0.15) is 28.7 Å². The van der Waals surface area contributed by atoms with Crippen LogP contribution in [0.2, 0.25) is 0 Å². The van der Waals surface area contributed by atoms with Gasteiger partial charge in [0.1, 0.15) is 5.58 Å². The highest BCUT2D eigenvalue weighted by Gasteiger charge is 2.17. The molecule has 2 aromatic heterocycles. The van der Waals surface area contributed by atoms with E-state index in [2.05, 4.69) is 35.3 Å². The Balaban J connectivity index is 1.46. The van der Waals surface area contributed by atoms with E-state index in [9.17, 15) is 4.79 Å². The van der Waals surface area contributed by atoms with E-state index in [1.165, 1.54) is 23.1 Å². The monoisotopic (exact) mass is 403 g/mol. The lowest BCUT2D eigenvalue weighted by Crippen LogP contribution is -2.01. The lowest BCUT2D eigenvalue weighted by atomic mass is 10.0. The summed E-state index contributed by atoms with van der Waals surface area (Å²) in [5.74, 6) is 1.48. The van der Waals surface area contributed by atoms with Crippen LogP contribution < -0.4 is 5.63 Å². The second kappa shape index (κ2) is 7.19. The van der Waals surface area contributed by atoms with Crippen molar-refractivity contribution in [2.45, 2.75) is 37.1 Å². The molecule has 0 bridgehead atoms. The molecule has 29 heavy (non-hydrogen) atoms. The minimum atomic E-state index is -0.301. The van der Waals surface area contributed by atoms with E-state index in [0.29, 0.717) is 11.3 Å². The molecule has 0 saturated heterocycles. The van der Waals surface area contributed by atoms with Crippen molar-refractivity contribution in [1.29, 1.82) is 0 Å². The first-order valence-electron chi connectivity index (χ1n) is 9.76. The third kappa shape index (κ3) is 3.38. The first kappa shape index (κ1) is 18.2. The van der Waals surface area contributed by atoms with Crippen LogP contribution >= 0.6 is 11.8 Å². The molecule has 1 aliphatic carbocycles. The number of benzene rings is 2. The molecule has 1 aliphatic rings. The zero-order valence-electron chi connectivity index (χ0n) is 16.4. The molecule has 0 amide bonds. The van der Waals surface area contributed by atoms with E-state index in [1.807, 2.05) is 29.8 Å². The Kier molecular flexibility index (Phi) is 4.51. The van der Waals surface area contributed by atoms with Crippen LogP contribution in [0.5, 0.6) is 0 Å². The van der Waals surface area contributed by atoms with Gasteiger partial charge in [-0.2, -0.15) is 0 Å². The fourth-order valence-electron chi connectivity index (χ4n) is 4.03. The van der Waals surface area contributed by atoms with Crippen LogP contribution in [0, 0.1) is 6.92 Å². The molecule has 0 radical (unpaired) electrons. The quantitative estimate of drug-likeness (QED) is 0.366. The van der Waals surface area contributed by atoms with Crippen LogP contribution in [0.4, 0.5) is 0 Å². The van der Waals surface area contributed by atoms with Crippen molar-refractivity contribution in [3.8, 4) is 11.4 Å². The number of fused-ring (bicyclic) bond motifs is 2. The van der Waals surface area contributed by atoms with Gasteiger partial charge in [-0.25, -0.2) is 4.79 Å². The number of thioether (sulfide) groups is 1. The summed E-state index contributed by atoms with van der Waals surface area (Å²) in [5, 5.41) is 10.6. The largest absolute Gasteiger partial charge is 0.423 e. The van der Waals surface area contributed by atoms with Crippen molar-refractivity contribution in [1.82, 2.24) is 14.8 Å². The summed E-state index contributed by atoms with van der Waals surface area (Å²) in [7, 11) is 1.98. The van der Waals surface area contributed by atoms with Gasteiger partial charge in [-0.3, -0.25) is 0 Å². The summed E-state index contributed by atoms with van der Waals surface area (Å²) in [5.41, 5.74) is 6.29. The van der Waals surface area contributed by atoms with E-state index in [4.69, 9.17) is 4.42 Å². The van der Waals surface area contributed by atoms with Crippen molar-refractivity contribution >= 4 is 22.7 Å². The van der Waals surface area contributed by atoms with Crippen molar-refractivity contribution in [3.05, 3.63) is 75.1 Å². The summed E-state index contributed by atoms with van der Waals surface area (Å²) >= 11 is 1.59. The number of aryl methyl sites for hydroxylation is 3. The van der Waals surface area contributed by atoms with Gasteiger partial charge in [-0.15, -0.1) is 10.2 Å². The molecule has 0 saturated carbocycles. The SMILES string of the molecule is Cc1cccc(-c2nnc(SCc3cc(=O)oc4cc5c(cc34)CCC5)n2C)c1. The van der Waals surface area contributed by atoms with Crippen molar-refractivity contribution in [2.24, 2.45) is 7.05 Å². The Morgan fingerprint density at radius 2 is 1.93 bits per heavy atom. The van der Waals surface area contributed by atoms with E-state index in [0.717, 1.165) is 40.3 Å². The van der Waals surface area contributed by atoms with Crippen LogP contribution in [0.3, 0.4) is 0 Å². The number of aromatic nitrogens is 3. The lowest BCUT2D eigenvalue weighted by molar-refractivity contribution is 0.559. The van der Waals surface area contributed by atoms with Crippen molar-refractivity contribution in [2.75, 3.05) is 0 Å². The van der Waals surface area contributed by atoms with Gasteiger partial charge >= 0.3 is 5.63 Å². The Morgan fingerprint density at radius 1 is 1.10 bits per heavy atom. The highest BCUT2D eigenvalue weighted by atomic mass is 32.2. The number of nitrogens with zero attached hydrogens (tertiary/aromatic N) is 3. The van der Waals surface area contributed by atoms with Gasteiger partial charge in [0.25, 0.3) is 0 Å². The van der Waals surface area contributed by atoms with Crippen molar-refractivity contribution in [3.63, 3.8) is 0 Å². The predicted octanol–water partition coefficient (Wildman–Crippen LogP) is 4.68. The lowest BCUT2D eigenvalue weighted by Gasteiger charge is -2.08. The fraction of sp³-hybridized carbons (Fsp3) is 0.261. The average Bonchev–Trinajstić information content (AvgIpc) is 3.30. The molecule has 6 heteroatoms.